The van der Waals surface area contributed by atoms with E-state index in [0.29, 0.717) is 24.8 Å². The molecule has 0 atom stereocenters. The second-order valence-electron chi connectivity index (χ2n) is 5.54. The minimum atomic E-state index is -0.0268. The Balaban J connectivity index is 1.59. The van der Waals surface area contributed by atoms with Gasteiger partial charge < -0.3 is 20.1 Å². The molecule has 1 saturated heterocycles. The predicted molar refractivity (Wildman–Crippen MR) is 90.5 cm³/mol. The van der Waals surface area contributed by atoms with Crippen molar-refractivity contribution in [2.75, 3.05) is 31.0 Å². The summed E-state index contributed by atoms with van der Waals surface area (Å²) in [5.41, 5.74) is 0.850. The number of benzene rings is 1. The third-order valence-corrected chi connectivity index (χ3v) is 3.85. The van der Waals surface area contributed by atoms with E-state index in [1.54, 1.807) is 19.2 Å². The molecule has 1 fully saturated rings. The number of rotatable bonds is 5. The molecule has 3 rings (SSSR count). The van der Waals surface area contributed by atoms with Gasteiger partial charge in [0, 0.05) is 30.9 Å². The van der Waals surface area contributed by atoms with Gasteiger partial charge in [-0.2, -0.15) is 0 Å². The van der Waals surface area contributed by atoms with Crippen LogP contribution in [0.2, 0.25) is 0 Å². The highest BCUT2D eigenvalue weighted by Gasteiger charge is 2.21. The van der Waals surface area contributed by atoms with E-state index in [4.69, 9.17) is 9.47 Å². The SMILES string of the molecule is COc1cccc(Nc2ccc(NC(=O)C3CCOCC3)nn2)c1. The zero-order valence-corrected chi connectivity index (χ0v) is 13.5. The lowest BCUT2D eigenvalue weighted by atomic mass is 9.99. The number of hydrogen-bond donors (Lipinski definition) is 2. The first-order valence-electron chi connectivity index (χ1n) is 7.88. The molecule has 0 radical (unpaired) electrons. The molecule has 1 amide bonds. The van der Waals surface area contributed by atoms with Crippen LogP contribution in [0.3, 0.4) is 0 Å². The Kier molecular flexibility index (Phi) is 5.22. The minimum Gasteiger partial charge on any atom is -0.497 e. The molecule has 0 saturated carbocycles. The zero-order valence-electron chi connectivity index (χ0n) is 13.5. The van der Waals surface area contributed by atoms with Crippen LogP contribution in [0, 0.1) is 5.92 Å². The van der Waals surface area contributed by atoms with Crippen molar-refractivity contribution in [1.29, 1.82) is 0 Å². The molecule has 1 aromatic carbocycles. The molecule has 0 spiro atoms. The Morgan fingerprint density at radius 1 is 1.17 bits per heavy atom. The summed E-state index contributed by atoms with van der Waals surface area (Å²) in [4.78, 5) is 12.2. The summed E-state index contributed by atoms with van der Waals surface area (Å²) in [7, 11) is 1.62. The quantitative estimate of drug-likeness (QED) is 0.877. The van der Waals surface area contributed by atoms with Gasteiger partial charge >= 0.3 is 0 Å². The number of methoxy groups -OCH3 is 1. The van der Waals surface area contributed by atoms with Crippen molar-refractivity contribution in [2.45, 2.75) is 12.8 Å². The molecular formula is C17H20N4O3. The maximum Gasteiger partial charge on any atom is 0.228 e. The smallest absolute Gasteiger partial charge is 0.228 e. The van der Waals surface area contributed by atoms with Crippen molar-refractivity contribution >= 4 is 23.2 Å². The molecule has 7 heteroatoms. The minimum absolute atomic E-state index is 0.0184. The van der Waals surface area contributed by atoms with Crippen LogP contribution in [0.1, 0.15) is 12.8 Å². The summed E-state index contributed by atoms with van der Waals surface area (Å²) in [6.07, 6.45) is 1.49. The van der Waals surface area contributed by atoms with Crippen molar-refractivity contribution in [2.24, 2.45) is 5.92 Å². The van der Waals surface area contributed by atoms with Gasteiger partial charge in [0.15, 0.2) is 11.6 Å². The van der Waals surface area contributed by atoms with Crippen LogP contribution in [-0.4, -0.2) is 36.4 Å². The number of ether oxygens (including phenoxy) is 2. The Bertz CT molecular complexity index is 684. The largest absolute Gasteiger partial charge is 0.497 e. The highest BCUT2D eigenvalue weighted by Crippen LogP contribution is 2.21. The van der Waals surface area contributed by atoms with E-state index in [9.17, 15) is 4.79 Å². The van der Waals surface area contributed by atoms with E-state index in [-0.39, 0.29) is 11.8 Å². The Hall–Kier alpha value is -2.67. The van der Waals surface area contributed by atoms with Crippen LogP contribution >= 0.6 is 0 Å². The summed E-state index contributed by atoms with van der Waals surface area (Å²) < 4.78 is 10.4. The van der Waals surface area contributed by atoms with Crippen molar-refractivity contribution in [3.05, 3.63) is 36.4 Å². The number of carbonyl (C=O) groups excluding carboxylic acids is 1. The molecule has 126 valence electrons. The van der Waals surface area contributed by atoms with E-state index >= 15 is 0 Å². The fraction of sp³-hybridized carbons (Fsp3) is 0.353. The highest BCUT2D eigenvalue weighted by molar-refractivity contribution is 5.91. The molecule has 1 aliphatic heterocycles. The molecule has 1 aliphatic rings. The van der Waals surface area contributed by atoms with Gasteiger partial charge in [-0.1, -0.05) is 6.07 Å². The molecular weight excluding hydrogens is 308 g/mol. The van der Waals surface area contributed by atoms with Gasteiger partial charge in [0.2, 0.25) is 5.91 Å². The molecule has 2 N–H and O–H groups in total. The third-order valence-electron chi connectivity index (χ3n) is 3.85. The average Bonchev–Trinajstić information content (AvgIpc) is 2.64. The van der Waals surface area contributed by atoms with E-state index in [0.717, 1.165) is 24.3 Å². The molecule has 24 heavy (non-hydrogen) atoms. The lowest BCUT2D eigenvalue weighted by molar-refractivity contribution is -0.122. The summed E-state index contributed by atoms with van der Waals surface area (Å²) >= 11 is 0. The van der Waals surface area contributed by atoms with Gasteiger partial charge in [0.1, 0.15) is 5.75 Å². The Morgan fingerprint density at radius 2 is 1.92 bits per heavy atom. The molecule has 0 unspecified atom stereocenters. The zero-order chi connectivity index (χ0) is 16.8. The van der Waals surface area contributed by atoms with Crippen molar-refractivity contribution in [3.63, 3.8) is 0 Å². The monoisotopic (exact) mass is 328 g/mol. The van der Waals surface area contributed by atoms with Gasteiger partial charge in [-0.3, -0.25) is 4.79 Å². The topological polar surface area (TPSA) is 85.4 Å². The lowest BCUT2D eigenvalue weighted by Gasteiger charge is -2.20. The van der Waals surface area contributed by atoms with Crippen LogP contribution in [0.4, 0.5) is 17.3 Å². The first-order valence-corrected chi connectivity index (χ1v) is 7.88. The van der Waals surface area contributed by atoms with Crippen LogP contribution in [0.25, 0.3) is 0 Å². The molecule has 2 aromatic rings. The van der Waals surface area contributed by atoms with Crippen LogP contribution < -0.4 is 15.4 Å². The number of amides is 1. The second-order valence-corrected chi connectivity index (χ2v) is 5.54. The molecule has 1 aromatic heterocycles. The van der Waals surface area contributed by atoms with Crippen molar-refractivity contribution in [3.8, 4) is 5.75 Å². The third kappa shape index (κ3) is 4.20. The van der Waals surface area contributed by atoms with Crippen molar-refractivity contribution < 1.29 is 14.3 Å². The van der Waals surface area contributed by atoms with Gasteiger partial charge in [-0.05, 0) is 37.1 Å². The number of nitrogens with zero attached hydrogens (tertiary/aromatic N) is 2. The first-order chi connectivity index (χ1) is 11.7. The Labute approximate surface area is 140 Å². The Morgan fingerprint density at radius 3 is 2.62 bits per heavy atom. The van der Waals surface area contributed by atoms with Gasteiger partial charge in [0.25, 0.3) is 0 Å². The number of anilines is 3. The van der Waals surface area contributed by atoms with E-state index in [1.165, 1.54) is 0 Å². The normalized spacial score (nSPS) is 14.9. The number of aromatic nitrogens is 2. The molecule has 7 nitrogen and oxygen atoms in total. The van der Waals surface area contributed by atoms with E-state index in [2.05, 4.69) is 20.8 Å². The molecule has 2 heterocycles. The summed E-state index contributed by atoms with van der Waals surface area (Å²) in [6, 6.07) is 11.0. The number of hydrogen-bond acceptors (Lipinski definition) is 6. The number of carbonyl (C=O) groups is 1. The average molecular weight is 328 g/mol. The fourth-order valence-electron chi connectivity index (χ4n) is 2.50. The van der Waals surface area contributed by atoms with Gasteiger partial charge in [-0.25, -0.2) is 0 Å². The van der Waals surface area contributed by atoms with Crippen LogP contribution in [0.15, 0.2) is 36.4 Å². The maximum absolute atomic E-state index is 12.2. The van der Waals surface area contributed by atoms with E-state index in [1.807, 2.05) is 24.3 Å². The fourth-order valence-corrected chi connectivity index (χ4v) is 2.50. The standard InChI is InChI=1S/C17H20N4O3/c1-23-14-4-2-3-13(11-14)18-15-5-6-16(21-20-15)19-17(22)12-7-9-24-10-8-12/h2-6,11-12H,7-10H2,1H3,(H,18,20)(H,19,21,22). The lowest BCUT2D eigenvalue weighted by Crippen LogP contribution is -2.28. The molecule has 0 bridgehead atoms. The maximum atomic E-state index is 12.2. The first kappa shape index (κ1) is 16.2. The second kappa shape index (κ2) is 7.74. The van der Waals surface area contributed by atoms with Gasteiger partial charge in [0.05, 0.1) is 7.11 Å². The summed E-state index contributed by atoms with van der Waals surface area (Å²) in [5, 5.41) is 14.1. The van der Waals surface area contributed by atoms with Crippen LogP contribution in [-0.2, 0) is 9.53 Å². The van der Waals surface area contributed by atoms with Crippen LogP contribution in [0.5, 0.6) is 5.75 Å². The van der Waals surface area contributed by atoms with Crippen molar-refractivity contribution in [1.82, 2.24) is 10.2 Å². The predicted octanol–water partition coefficient (Wildman–Crippen LogP) is 2.59. The number of nitrogens with one attached hydrogen (secondary N) is 2. The van der Waals surface area contributed by atoms with Gasteiger partial charge in [-0.15, -0.1) is 10.2 Å². The van der Waals surface area contributed by atoms with E-state index < -0.39 is 0 Å². The summed E-state index contributed by atoms with van der Waals surface area (Å²) in [6.45, 7) is 1.26. The highest BCUT2D eigenvalue weighted by atomic mass is 16.5. The molecule has 0 aliphatic carbocycles. The summed E-state index contributed by atoms with van der Waals surface area (Å²) in [5.74, 6) is 1.75.